The molecule has 1 aliphatic carbocycles. The van der Waals surface area contributed by atoms with E-state index in [2.05, 4.69) is 68.6 Å². The summed E-state index contributed by atoms with van der Waals surface area (Å²) in [5.74, 6) is 0.464. The molecule has 0 heterocycles. The van der Waals surface area contributed by atoms with Crippen molar-refractivity contribution in [2.24, 2.45) is 5.92 Å². The molecule has 1 aliphatic rings. The molecule has 2 atom stereocenters. The first-order valence-electron chi connectivity index (χ1n) is 13.7. The van der Waals surface area contributed by atoms with E-state index < -0.39 is 6.10 Å². The average molecular weight is 508 g/mol. The Labute approximate surface area is 223 Å². The van der Waals surface area contributed by atoms with Crippen LogP contribution in [0.1, 0.15) is 80.9 Å². The minimum absolute atomic E-state index is 0.0578. The molecule has 5 heteroatoms. The fourth-order valence-electron chi connectivity index (χ4n) is 5.24. The van der Waals surface area contributed by atoms with Crippen molar-refractivity contribution in [1.29, 1.82) is 0 Å². The molecule has 3 rings (SSSR count). The van der Waals surface area contributed by atoms with Gasteiger partial charge in [-0.15, -0.1) is 0 Å². The van der Waals surface area contributed by atoms with E-state index in [-0.39, 0.29) is 24.2 Å². The summed E-state index contributed by atoms with van der Waals surface area (Å²) in [6.07, 6.45) is 7.66. The van der Waals surface area contributed by atoms with Crippen molar-refractivity contribution in [3.63, 3.8) is 0 Å². The van der Waals surface area contributed by atoms with Crippen LogP contribution in [-0.2, 0) is 27.1 Å². The summed E-state index contributed by atoms with van der Waals surface area (Å²) in [5, 5.41) is 14.2. The molecule has 0 bridgehead atoms. The summed E-state index contributed by atoms with van der Waals surface area (Å²) < 4.78 is 11.1. The van der Waals surface area contributed by atoms with E-state index in [0.717, 1.165) is 36.0 Å². The number of allylic oxidation sites excluding steroid dienone is 1. The molecule has 0 fully saturated rings. The molecule has 37 heavy (non-hydrogen) atoms. The van der Waals surface area contributed by atoms with Crippen molar-refractivity contribution in [2.45, 2.75) is 84.5 Å². The van der Waals surface area contributed by atoms with Crippen LogP contribution in [0.5, 0.6) is 0 Å². The Hall–Kier alpha value is -2.47. The van der Waals surface area contributed by atoms with Gasteiger partial charge in [0.15, 0.2) is 0 Å². The minimum Gasteiger partial charge on any atom is -0.466 e. The Bertz CT molecular complexity index is 1020. The molecule has 0 radical (unpaired) electrons. The van der Waals surface area contributed by atoms with Crippen molar-refractivity contribution >= 4 is 12.0 Å². The first-order chi connectivity index (χ1) is 17.7. The molecule has 0 amide bonds. The lowest BCUT2D eigenvalue weighted by Crippen LogP contribution is -2.45. The normalized spacial score (nSPS) is 15.6. The molecule has 0 unspecified atom stereocenters. The van der Waals surface area contributed by atoms with Crippen molar-refractivity contribution in [1.82, 2.24) is 5.32 Å². The van der Waals surface area contributed by atoms with Crippen LogP contribution in [-0.4, -0.2) is 42.5 Å². The van der Waals surface area contributed by atoms with Crippen molar-refractivity contribution in [3.8, 4) is 0 Å². The number of aliphatic hydroxyl groups is 1. The number of ether oxygens (including phenoxy) is 2. The van der Waals surface area contributed by atoms with Gasteiger partial charge < -0.3 is 19.9 Å². The molecule has 0 aromatic heterocycles. The predicted molar refractivity (Wildman–Crippen MR) is 150 cm³/mol. The summed E-state index contributed by atoms with van der Waals surface area (Å²) in [6.45, 7) is 11.5. The third-order valence-electron chi connectivity index (χ3n) is 7.09. The summed E-state index contributed by atoms with van der Waals surface area (Å²) in [7, 11) is 0. The molecule has 2 N–H and O–H groups in total. The highest BCUT2D eigenvalue weighted by Crippen LogP contribution is 2.32. The number of hydrogen-bond acceptors (Lipinski definition) is 5. The number of carbonyl (C=O) groups excluding carboxylic acids is 1. The van der Waals surface area contributed by atoms with Gasteiger partial charge in [0.05, 0.1) is 25.4 Å². The number of fused-ring (bicyclic) bond motifs is 1. The zero-order chi connectivity index (χ0) is 26.8. The Balaban J connectivity index is 1.45. The average Bonchev–Trinajstić information content (AvgIpc) is 3.25. The fraction of sp³-hybridized carbons (Fsp3) is 0.531. The number of hydrogen-bond donors (Lipinski definition) is 2. The Morgan fingerprint density at radius 2 is 1.89 bits per heavy atom. The lowest BCUT2D eigenvalue weighted by Gasteiger charge is -2.31. The van der Waals surface area contributed by atoms with E-state index in [4.69, 9.17) is 9.47 Å². The number of aryl methyl sites for hydroxylation is 1. The van der Waals surface area contributed by atoms with Crippen LogP contribution in [0.25, 0.3) is 6.08 Å². The van der Waals surface area contributed by atoms with E-state index in [9.17, 15) is 9.90 Å². The maximum Gasteiger partial charge on any atom is 0.306 e. The monoisotopic (exact) mass is 507 g/mol. The minimum atomic E-state index is -0.587. The second-order valence-corrected chi connectivity index (χ2v) is 11.0. The quantitative estimate of drug-likeness (QED) is 0.309. The number of β-amino-alcohol motifs (C(OH)–C–C–N with tert-alkyl or cyclic N) is 1. The SMILES string of the molecule is CCOC(=O)CCC=Cc1cc(C)ccc1[C@@H](C)OC[C@H](O)CNC(C)(C)CC1Cc2ccccc2C1. The molecule has 0 saturated carbocycles. The number of nitrogens with one attached hydrogen (secondary N) is 1. The smallest absolute Gasteiger partial charge is 0.306 e. The first-order valence-corrected chi connectivity index (χ1v) is 13.7. The van der Waals surface area contributed by atoms with E-state index >= 15 is 0 Å². The van der Waals surface area contributed by atoms with Crippen molar-refractivity contribution < 1.29 is 19.4 Å². The zero-order valence-electron chi connectivity index (χ0n) is 23.3. The number of esters is 1. The Morgan fingerprint density at radius 1 is 1.19 bits per heavy atom. The maximum absolute atomic E-state index is 11.6. The molecule has 0 spiro atoms. The molecular weight excluding hydrogens is 462 g/mol. The molecular formula is C32H45NO4. The third-order valence-corrected chi connectivity index (χ3v) is 7.09. The largest absolute Gasteiger partial charge is 0.466 e. The van der Waals surface area contributed by atoms with Gasteiger partial charge in [0, 0.05) is 18.5 Å². The van der Waals surface area contributed by atoms with E-state index in [0.29, 0.717) is 31.9 Å². The topological polar surface area (TPSA) is 67.8 Å². The van der Waals surface area contributed by atoms with Crippen LogP contribution in [0.2, 0.25) is 0 Å². The van der Waals surface area contributed by atoms with Crippen LogP contribution in [0.4, 0.5) is 0 Å². The van der Waals surface area contributed by atoms with Crippen molar-refractivity contribution in [3.05, 3.63) is 76.4 Å². The van der Waals surface area contributed by atoms with Gasteiger partial charge >= 0.3 is 5.97 Å². The Morgan fingerprint density at radius 3 is 2.57 bits per heavy atom. The Kier molecular flexibility index (Phi) is 10.9. The van der Waals surface area contributed by atoms with E-state index in [1.165, 1.54) is 11.1 Å². The number of aliphatic hydroxyl groups excluding tert-OH is 1. The number of carbonyl (C=O) groups is 1. The summed E-state index contributed by atoms with van der Waals surface area (Å²) in [5.41, 5.74) is 6.21. The lowest BCUT2D eigenvalue weighted by atomic mass is 9.88. The van der Waals surface area contributed by atoms with Gasteiger partial charge in [0.2, 0.25) is 0 Å². The van der Waals surface area contributed by atoms with Crippen LogP contribution < -0.4 is 5.32 Å². The van der Waals surface area contributed by atoms with Gasteiger partial charge in [-0.05, 0) is 88.5 Å². The molecule has 5 nitrogen and oxygen atoms in total. The number of benzene rings is 2. The zero-order valence-corrected chi connectivity index (χ0v) is 23.3. The van der Waals surface area contributed by atoms with E-state index in [1.807, 2.05) is 26.0 Å². The lowest BCUT2D eigenvalue weighted by molar-refractivity contribution is -0.142. The van der Waals surface area contributed by atoms with Gasteiger partial charge in [-0.25, -0.2) is 0 Å². The highest BCUT2D eigenvalue weighted by molar-refractivity contribution is 5.69. The summed E-state index contributed by atoms with van der Waals surface area (Å²) >= 11 is 0. The van der Waals surface area contributed by atoms with Gasteiger partial charge in [-0.2, -0.15) is 0 Å². The molecule has 202 valence electrons. The van der Waals surface area contributed by atoms with E-state index in [1.54, 1.807) is 0 Å². The molecule has 2 aromatic rings. The van der Waals surface area contributed by atoms with Crippen LogP contribution in [0, 0.1) is 12.8 Å². The van der Waals surface area contributed by atoms with Crippen LogP contribution in [0.3, 0.4) is 0 Å². The molecule has 2 aromatic carbocycles. The fourth-order valence-corrected chi connectivity index (χ4v) is 5.24. The van der Waals surface area contributed by atoms with Crippen LogP contribution in [0.15, 0.2) is 48.5 Å². The molecule has 0 aliphatic heterocycles. The second kappa shape index (κ2) is 13.9. The standard InChI is InChI=1S/C32H45NO4/c1-6-36-31(35)14-10-9-13-28-17-23(2)15-16-30(28)24(3)37-22-29(34)21-33-32(4,5)20-25-18-26-11-7-8-12-27(26)19-25/h7-9,11-13,15-17,24-25,29,33-34H,6,10,14,18-22H2,1-5H3/t24-,29-/m1/s1. The van der Waals surface area contributed by atoms with Crippen molar-refractivity contribution in [2.75, 3.05) is 19.8 Å². The predicted octanol–water partition coefficient (Wildman–Crippen LogP) is 5.96. The highest BCUT2D eigenvalue weighted by Gasteiger charge is 2.28. The second-order valence-electron chi connectivity index (χ2n) is 11.0. The molecule has 0 saturated heterocycles. The van der Waals surface area contributed by atoms with Gasteiger partial charge in [0.1, 0.15) is 0 Å². The van der Waals surface area contributed by atoms with Gasteiger partial charge in [-0.3, -0.25) is 4.79 Å². The summed E-state index contributed by atoms with van der Waals surface area (Å²) in [6, 6.07) is 15.0. The van der Waals surface area contributed by atoms with Gasteiger partial charge in [-0.1, -0.05) is 60.2 Å². The third kappa shape index (κ3) is 9.41. The maximum atomic E-state index is 11.6. The summed E-state index contributed by atoms with van der Waals surface area (Å²) in [4.78, 5) is 11.6. The van der Waals surface area contributed by atoms with Gasteiger partial charge in [0.25, 0.3) is 0 Å². The highest BCUT2D eigenvalue weighted by atomic mass is 16.5. The first kappa shape index (κ1) is 29.1. The van der Waals surface area contributed by atoms with Crippen LogP contribution >= 0.6 is 0 Å². The number of rotatable bonds is 14.